The summed E-state index contributed by atoms with van der Waals surface area (Å²) in [5.41, 5.74) is 0.659. The second kappa shape index (κ2) is 3.26. The maximum Gasteiger partial charge on any atom is 0.322 e. The van der Waals surface area contributed by atoms with Crippen LogP contribution >= 0.6 is 11.8 Å². The zero-order valence-electron chi connectivity index (χ0n) is 7.66. The van der Waals surface area contributed by atoms with Crippen LogP contribution in [0.2, 0.25) is 0 Å². The molecule has 1 heterocycles. The molecule has 0 fully saturated rings. The van der Waals surface area contributed by atoms with E-state index in [0.29, 0.717) is 5.69 Å². The number of hydrogen-bond donors (Lipinski definition) is 0. The molecule has 4 nitrogen and oxygen atoms in total. The molecule has 0 aliphatic rings. The van der Waals surface area contributed by atoms with Gasteiger partial charge >= 0.3 is 5.56 Å². The summed E-state index contributed by atoms with van der Waals surface area (Å²) in [6.45, 7) is 1.76. The number of thioether (sulfide) groups is 1. The van der Waals surface area contributed by atoms with Crippen molar-refractivity contribution in [3.05, 3.63) is 16.0 Å². The molecule has 0 N–H and O–H groups in total. The summed E-state index contributed by atoms with van der Waals surface area (Å²) < 4.78 is 3.16. The molecule has 0 aliphatic carbocycles. The molecule has 12 heavy (non-hydrogen) atoms. The fourth-order valence-electron chi connectivity index (χ4n) is 0.916. The number of aryl methyl sites for hydroxylation is 1. The smallest absolute Gasteiger partial charge is 0.280 e. The first-order valence-electron chi connectivity index (χ1n) is 3.56. The third-order valence-corrected chi connectivity index (χ3v) is 2.53. The maximum atomic E-state index is 11.5. The van der Waals surface area contributed by atoms with E-state index < -0.39 is 0 Å². The first kappa shape index (κ1) is 9.25. The molecule has 66 valence electrons. The predicted octanol–water partition coefficient (Wildman–Crippen LogP) is -0.365. The highest BCUT2D eigenvalue weighted by Gasteiger charge is 2.13. The molecule has 0 radical (unpaired) electrons. The van der Waals surface area contributed by atoms with Crippen LogP contribution in [0.15, 0.2) is 9.95 Å². The standard InChI is InChI=1S/C7H12N3OS/c1-5-6(11)9(2)7(12-4)8-10(5)3/h1-4H3/q+1. The van der Waals surface area contributed by atoms with E-state index in [-0.39, 0.29) is 5.56 Å². The van der Waals surface area contributed by atoms with E-state index in [1.54, 1.807) is 30.3 Å². The van der Waals surface area contributed by atoms with Crippen molar-refractivity contribution in [2.45, 2.75) is 12.1 Å². The van der Waals surface area contributed by atoms with Crippen LogP contribution in [0.5, 0.6) is 0 Å². The molecule has 0 unspecified atom stereocenters. The molecule has 0 spiro atoms. The molecule has 1 rings (SSSR count). The Labute approximate surface area is 75.2 Å². The summed E-state index contributed by atoms with van der Waals surface area (Å²) in [6, 6.07) is 0. The zero-order valence-corrected chi connectivity index (χ0v) is 8.47. The lowest BCUT2D eigenvalue weighted by Crippen LogP contribution is -2.45. The summed E-state index contributed by atoms with van der Waals surface area (Å²) in [5.74, 6) is 0. The Hall–Kier alpha value is -0.840. The summed E-state index contributed by atoms with van der Waals surface area (Å²) in [7, 11) is 3.50. The fourth-order valence-corrected chi connectivity index (χ4v) is 1.48. The van der Waals surface area contributed by atoms with Crippen LogP contribution in [0.1, 0.15) is 5.69 Å². The van der Waals surface area contributed by atoms with Gasteiger partial charge in [0.05, 0.1) is 0 Å². The normalized spacial score (nSPS) is 10.3. The lowest BCUT2D eigenvalue weighted by molar-refractivity contribution is -0.741. The van der Waals surface area contributed by atoms with E-state index in [1.807, 2.05) is 6.26 Å². The lowest BCUT2D eigenvalue weighted by Gasteiger charge is -2.00. The summed E-state index contributed by atoms with van der Waals surface area (Å²) in [5, 5.41) is 4.92. The van der Waals surface area contributed by atoms with Crippen molar-refractivity contribution >= 4 is 11.8 Å². The monoisotopic (exact) mass is 186 g/mol. The van der Waals surface area contributed by atoms with Gasteiger partial charge in [-0.3, -0.25) is 9.36 Å². The molecular weight excluding hydrogens is 174 g/mol. The molecule has 0 bridgehead atoms. The Bertz CT molecular complexity index is 358. The highest BCUT2D eigenvalue weighted by molar-refractivity contribution is 7.98. The van der Waals surface area contributed by atoms with Crippen molar-refractivity contribution in [2.75, 3.05) is 6.26 Å². The summed E-state index contributed by atoms with van der Waals surface area (Å²) >= 11 is 1.46. The minimum Gasteiger partial charge on any atom is -0.280 e. The summed E-state index contributed by atoms with van der Waals surface area (Å²) in [4.78, 5) is 11.5. The highest BCUT2D eigenvalue weighted by Crippen LogP contribution is 2.04. The van der Waals surface area contributed by atoms with Crippen LogP contribution in [-0.4, -0.2) is 15.9 Å². The average molecular weight is 186 g/mol. The van der Waals surface area contributed by atoms with Gasteiger partial charge in [-0.2, -0.15) is 0 Å². The van der Waals surface area contributed by atoms with Gasteiger partial charge in [0.15, 0.2) is 7.05 Å². The van der Waals surface area contributed by atoms with Crippen molar-refractivity contribution in [1.29, 1.82) is 0 Å². The summed E-state index contributed by atoms with van der Waals surface area (Å²) in [6.07, 6.45) is 1.90. The Kier molecular flexibility index (Phi) is 2.52. The van der Waals surface area contributed by atoms with E-state index in [0.717, 1.165) is 5.16 Å². The van der Waals surface area contributed by atoms with Crippen molar-refractivity contribution in [1.82, 2.24) is 9.67 Å². The SMILES string of the molecule is CSc1n[n+](C)c(C)c(=O)n1C. The Balaban J connectivity index is 3.50. The van der Waals surface area contributed by atoms with Gasteiger partial charge in [-0.1, -0.05) is 16.4 Å². The molecule has 1 aromatic rings. The van der Waals surface area contributed by atoms with Gasteiger partial charge in [0, 0.05) is 19.1 Å². The molecule has 0 aromatic carbocycles. The predicted molar refractivity (Wildman–Crippen MR) is 47.2 cm³/mol. The molecule has 0 atom stereocenters. The molecule has 0 aliphatic heterocycles. The van der Waals surface area contributed by atoms with Crippen LogP contribution in [0.4, 0.5) is 0 Å². The number of rotatable bonds is 1. The quantitative estimate of drug-likeness (QED) is 0.444. The van der Waals surface area contributed by atoms with Crippen LogP contribution in [0.3, 0.4) is 0 Å². The van der Waals surface area contributed by atoms with Crippen LogP contribution in [-0.2, 0) is 14.1 Å². The fraction of sp³-hybridized carbons (Fsp3) is 0.571. The number of hydrogen-bond acceptors (Lipinski definition) is 3. The molecule has 0 amide bonds. The third-order valence-electron chi connectivity index (χ3n) is 1.80. The molecule has 0 saturated heterocycles. The van der Waals surface area contributed by atoms with Gasteiger partial charge in [-0.25, -0.2) is 0 Å². The van der Waals surface area contributed by atoms with Gasteiger partial charge in [0.1, 0.15) is 0 Å². The Morgan fingerprint density at radius 2 is 2.17 bits per heavy atom. The van der Waals surface area contributed by atoms with Gasteiger partial charge in [-0.15, -0.1) is 0 Å². The number of nitrogens with zero attached hydrogens (tertiary/aromatic N) is 3. The number of aromatic nitrogens is 3. The molecular formula is C7H12N3OS+. The first-order chi connectivity index (χ1) is 5.57. The van der Waals surface area contributed by atoms with Crippen molar-refractivity contribution < 1.29 is 4.68 Å². The van der Waals surface area contributed by atoms with Gasteiger partial charge in [0.2, 0.25) is 5.16 Å². The second-order valence-corrected chi connectivity index (χ2v) is 3.33. The van der Waals surface area contributed by atoms with Crippen molar-refractivity contribution in [2.24, 2.45) is 14.1 Å². The minimum absolute atomic E-state index is 0.0110. The molecule has 0 saturated carbocycles. The topological polar surface area (TPSA) is 38.8 Å². The highest BCUT2D eigenvalue weighted by atomic mass is 32.2. The van der Waals surface area contributed by atoms with Gasteiger partial charge < -0.3 is 0 Å². The van der Waals surface area contributed by atoms with E-state index in [4.69, 9.17) is 0 Å². The van der Waals surface area contributed by atoms with Crippen LogP contribution in [0.25, 0.3) is 0 Å². The minimum atomic E-state index is 0.0110. The van der Waals surface area contributed by atoms with Gasteiger partial charge in [-0.05, 0) is 6.26 Å². The van der Waals surface area contributed by atoms with Crippen LogP contribution in [0, 0.1) is 6.92 Å². The Morgan fingerprint density at radius 1 is 1.58 bits per heavy atom. The van der Waals surface area contributed by atoms with E-state index in [2.05, 4.69) is 5.10 Å². The average Bonchev–Trinajstić information content (AvgIpc) is 2.08. The second-order valence-electron chi connectivity index (χ2n) is 2.56. The zero-order chi connectivity index (χ0) is 9.30. The van der Waals surface area contributed by atoms with Crippen molar-refractivity contribution in [3.63, 3.8) is 0 Å². The molecule has 5 heteroatoms. The van der Waals surface area contributed by atoms with Crippen LogP contribution < -0.4 is 10.2 Å². The maximum absolute atomic E-state index is 11.5. The van der Waals surface area contributed by atoms with E-state index >= 15 is 0 Å². The first-order valence-corrected chi connectivity index (χ1v) is 4.78. The van der Waals surface area contributed by atoms with E-state index in [9.17, 15) is 4.79 Å². The Morgan fingerprint density at radius 3 is 2.67 bits per heavy atom. The third kappa shape index (κ3) is 1.36. The van der Waals surface area contributed by atoms with E-state index in [1.165, 1.54) is 11.8 Å². The van der Waals surface area contributed by atoms with Crippen molar-refractivity contribution in [3.8, 4) is 0 Å². The molecule has 1 aromatic heterocycles. The lowest BCUT2D eigenvalue weighted by atomic mass is 10.5. The largest absolute Gasteiger partial charge is 0.322 e. The van der Waals surface area contributed by atoms with Gasteiger partial charge in [0.25, 0.3) is 5.69 Å².